The molecule has 8 heteroatoms. The molecule has 0 radical (unpaired) electrons. The van der Waals surface area contributed by atoms with Gasteiger partial charge in [0.2, 0.25) is 15.9 Å². The van der Waals surface area contributed by atoms with Gasteiger partial charge in [-0.2, -0.15) is 0 Å². The van der Waals surface area contributed by atoms with Crippen molar-refractivity contribution in [1.82, 2.24) is 10.0 Å². The Labute approximate surface area is 123 Å². The average Bonchev–Trinajstić information content (AvgIpc) is 2.89. The number of nitrogens with one attached hydrogen (secondary N) is 2. The fraction of sp³-hybridized carbons (Fsp3) is 0.583. The number of carbonyl (C=O) groups excluding carboxylic acids is 1. The smallest absolute Gasteiger partial charge is 0.250 e. The molecule has 20 heavy (non-hydrogen) atoms. The van der Waals surface area contributed by atoms with Gasteiger partial charge in [0.05, 0.1) is 12.6 Å². The maximum absolute atomic E-state index is 11.8. The first-order valence-electron chi connectivity index (χ1n) is 6.30. The molecule has 0 aliphatic carbocycles. The van der Waals surface area contributed by atoms with Gasteiger partial charge in [-0.3, -0.25) is 4.79 Å². The number of hydrogen-bond donors (Lipinski definition) is 3. The number of aliphatic hydroxyl groups excluding tert-OH is 1. The fourth-order valence-corrected chi connectivity index (χ4v) is 3.56. The van der Waals surface area contributed by atoms with Crippen molar-refractivity contribution in [3.8, 4) is 0 Å². The fourth-order valence-electron chi connectivity index (χ4n) is 1.49. The molecule has 1 aromatic rings. The number of carbonyl (C=O) groups is 1. The number of amides is 1. The van der Waals surface area contributed by atoms with E-state index in [9.17, 15) is 13.2 Å². The van der Waals surface area contributed by atoms with Crippen LogP contribution in [0.5, 0.6) is 0 Å². The highest BCUT2D eigenvalue weighted by Gasteiger charge is 2.17. The molecule has 1 amide bonds. The number of hydrogen-bond acceptors (Lipinski definition) is 5. The van der Waals surface area contributed by atoms with Crippen molar-refractivity contribution in [2.75, 3.05) is 13.2 Å². The first-order valence-corrected chi connectivity index (χ1v) is 8.66. The molecule has 6 nitrogen and oxygen atoms in total. The van der Waals surface area contributed by atoms with Crippen molar-refractivity contribution in [3.05, 3.63) is 17.5 Å². The van der Waals surface area contributed by atoms with Gasteiger partial charge in [0.15, 0.2) is 0 Å². The zero-order valence-corrected chi connectivity index (χ0v) is 13.1. The summed E-state index contributed by atoms with van der Waals surface area (Å²) in [5.74, 6) is -0.168. The highest BCUT2D eigenvalue weighted by Crippen LogP contribution is 2.14. The predicted molar refractivity (Wildman–Crippen MR) is 78.0 cm³/mol. The lowest BCUT2D eigenvalue weighted by Gasteiger charge is -2.19. The predicted octanol–water partition coefficient (Wildman–Crippen LogP) is 0.550. The topological polar surface area (TPSA) is 95.5 Å². The van der Waals surface area contributed by atoms with Gasteiger partial charge in [0.1, 0.15) is 4.21 Å². The molecule has 1 aromatic heterocycles. The Morgan fingerprint density at radius 1 is 1.45 bits per heavy atom. The van der Waals surface area contributed by atoms with Crippen LogP contribution < -0.4 is 10.0 Å². The Kier molecular flexibility index (Phi) is 6.60. The second kappa shape index (κ2) is 7.72. The lowest BCUT2D eigenvalue weighted by Crippen LogP contribution is -2.42. The van der Waals surface area contributed by atoms with Gasteiger partial charge < -0.3 is 10.4 Å². The zero-order chi connectivity index (χ0) is 15.2. The van der Waals surface area contributed by atoms with Gasteiger partial charge in [-0.1, -0.05) is 19.9 Å². The average molecular weight is 320 g/mol. The molecule has 0 aromatic carbocycles. The van der Waals surface area contributed by atoms with Crippen molar-refractivity contribution in [2.24, 2.45) is 5.92 Å². The SMILES string of the molecule is CC(C)C(CO)NC(=O)CCNS(=O)(=O)c1cccs1. The largest absolute Gasteiger partial charge is 0.394 e. The van der Waals surface area contributed by atoms with E-state index in [1.807, 2.05) is 13.8 Å². The Hall–Kier alpha value is -0.960. The molecular formula is C12H20N2O4S2. The van der Waals surface area contributed by atoms with Crippen LogP contribution in [-0.4, -0.2) is 38.6 Å². The van der Waals surface area contributed by atoms with Crippen LogP contribution in [0.4, 0.5) is 0 Å². The molecule has 1 unspecified atom stereocenters. The van der Waals surface area contributed by atoms with Crippen LogP contribution in [0.3, 0.4) is 0 Å². The summed E-state index contributed by atoms with van der Waals surface area (Å²) >= 11 is 1.12. The van der Waals surface area contributed by atoms with E-state index in [1.165, 1.54) is 6.07 Å². The van der Waals surface area contributed by atoms with E-state index in [0.717, 1.165) is 11.3 Å². The minimum atomic E-state index is -3.52. The molecule has 0 fully saturated rings. The number of rotatable bonds is 8. The minimum Gasteiger partial charge on any atom is -0.394 e. The van der Waals surface area contributed by atoms with Crippen molar-refractivity contribution >= 4 is 27.3 Å². The molecular weight excluding hydrogens is 300 g/mol. The lowest BCUT2D eigenvalue weighted by molar-refractivity contribution is -0.122. The van der Waals surface area contributed by atoms with Crippen molar-refractivity contribution < 1.29 is 18.3 Å². The second-order valence-electron chi connectivity index (χ2n) is 4.68. The van der Waals surface area contributed by atoms with E-state index in [1.54, 1.807) is 11.4 Å². The number of sulfonamides is 1. The normalized spacial score (nSPS) is 13.4. The van der Waals surface area contributed by atoms with E-state index in [0.29, 0.717) is 0 Å². The van der Waals surface area contributed by atoms with E-state index in [-0.39, 0.29) is 41.6 Å². The molecule has 0 spiro atoms. The van der Waals surface area contributed by atoms with Crippen molar-refractivity contribution in [1.29, 1.82) is 0 Å². The first-order chi connectivity index (χ1) is 9.36. The standard InChI is InChI=1S/C12H20N2O4S2/c1-9(2)10(8-15)14-11(16)5-6-13-20(17,18)12-4-3-7-19-12/h3-4,7,9-10,13,15H,5-6,8H2,1-2H3,(H,14,16). The molecule has 3 N–H and O–H groups in total. The van der Waals surface area contributed by atoms with Crippen LogP contribution in [0.25, 0.3) is 0 Å². The summed E-state index contributed by atoms with van der Waals surface area (Å²) in [5, 5.41) is 13.4. The van der Waals surface area contributed by atoms with E-state index in [4.69, 9.17) is 5.11 Å². The summed E-state index contributed by atoms with van der Waals surface area (Å²) in [6.07, 6.45) is 0.0355. The molecule has 1 rings (SSSR count). The molecule has 1 atom stereocenters. The maximum Gasteiger partial charge on any atom is 0.250 e. The molecule has 114 valence electrons. The third-order valence-corrected chi connectivity index (χ3v) is 5.61. The monoisotopic (exact) mass is 320 g/mol. The van der Waals surface area contributed by atoms with Crippen LogP contribution >= 0.6 is 11.3 Å². The zero-order valence-electron chi connectivity index (χ0n) is 11.5. The van der Waals surface area contributed by atoms with Crippen LogP contribution in [0.1, 0.15) is 20.3 Å². The van der Waals surface area contributed by atoms with E-state index < -0.39 is 10.0 Å². The Morgan fingerprint density at radius 2 is 2.15 bits per heavy atom. The van der Waals surface area contributed by atoms with Crippen molar-refractivity contribution in [3.63, 3.8) is 0 Å². The van der Waals surface area contributed by atoms with Crippen molar-refractivity contribution in [2.45, 2.75) is 30.5 Å². The Balaban J connectivity index is 2.39. The second-order valence-corrected chi connectivity index (χ2v) is 7.62. The van der Waals surface area contributed by atoms with Crippen LogP contribution in [0.15, 0.2) is 21.7 Å². The summed E-state index contributed by atoms with van der Waals surface area (Å²) in [6.45, 7) is 3.67. The first kappa shape index (κ1) is 17.1. The van der Waals surface area contributed by atoms with Gasteiger partial charge in [-0.15, -0.1) is 11.3 Å². The van der Waals surface area contributed by atoms with Crippen LogP contribution in [0, 0.1) is 5.92 Å². The van der Waals surface area contributed by atoms with Gasteiger partial charge in [-0.05, 0) is 17.4 Å². The summed E-state index contributed by atoms with van der Waals surface area (Å²) in [6, 6.07) is 2.85. The third kappa shape index (κ3) is 5.20. The summed E-state index contributed by atoms with van der Waals surface area (Å²) in [5.41, 5.74) is 0. The molecule has 0 saturated heterocycles. The third-order valence-electron chi connectivity index (χ3n) is 2.75. The maximum atomic E-state index is 11.8. The van der Waals surface area contributed by atoms with Gasteiger partial charge in [0.25, 0.3) is 0 Å². The summed E-state index contributed by atoms with van der Waals surface area (Å²) in [4.78, 5) is 11.6. The quantitative estimate of drug-likeness (QED) is 0.652. The lowest BCUT2D eigenvalue weighted by atomic mass is 10.1. The number of aliphatic hydroxyl groups is 1. The van der Waals surface area contributed by atoms with E-state index in [2.05, 4.69) is 10.0 Å². The minimum absolute atomic E-state index is 0.0301. The Morgan fingerprint density at radius 3 is 2.65 bits per heavy atom. The molecule has 0 saturated carbocycles. The van der Waals surface area contributed by atoms with Gasteiger partial charge in [-0.25, -0.2) is 13.1 Å². The highest BCUT2D eigenvalue weighted by atomic mass is 32.2. The van der Waals surface area contributed by atoms with E-state index >= 15 is 0 Å². The summed E-state index contributed by atoms with van der Waals surface area (Å²) in [7, 11) is -3.52. The Bertz CT molecular complexity index is 512. The molecule has 0 aliphatic heterocycles. The molecule has 1 heterocycles. The number of thiophene rings is 1. The van der Waals surface area contributed by atoms with Gasteiger partial charge in [0, 0.05) is 13.0 Å². The van der Waals surface area contributed by atoms with Crippen LogP contribution in [0.2, 0.25) is 0 Å². The highest BCUT2D eigenvalue weighted by molar-refractivity contribution is 7.91. The molecule has 0 aliphatic rings. The van der Waals surface area contributed by atoms with Crippen LogP contribution in [-0.2, 0) is 14.8 Å². The van der Waals surface area contributed by atoms with Gasteiger partial charge >= 0.3 is 0 Å². The molecule has 0 bridgehead atoms. The summed E-state index contributed by atoms with van der Waals surface area (Å²) < 4.78 is 26.2.